The lowest BCUT2D eigenvalue weighted by atomic mass is 9.82. The van der Waals surface area contributed by atoms with E-state index in [4.69, 9.17) is 9.15 Å². The van der Waals surface area contributed by atoms with Crippen LogP contribution >= 0.6 is 0 Å². The van der Waals surface area contributed by atoms with Crippen molar-refractivity contribution in [3.05, 3.63) is 59.4 Å². The van der Waals surface area contributed by atoms with Crippen LogP contribution in [0.5, 0.6) is 5.75 Å². The molecule has 0 saturated carbocycles. The van der Waals surface area contributed by atoms with Crippen LogP contribution in [0.15, 0.2) is 46.9 Å². The fourth-order valence-electron chi connectivity index (χ4n) is 4.53. The molecule has 11 heteroatoms. The summed E-state index contributed by atoms with van der Waals surface area (Å²) in [6.45, 7) is 0.221. The summed E-state index contributed by atoms with van der Waals surface area (Å²) < 4.78 is 36.7. The zero-order valence-electron chi connectivity index (χ0n) is 18.4. The van der Waals surface area contributed by atoms with E-state index >= 15 is 0 Å². The van der Waals surface area contributed by atoms with Crippen molar-refractivity contribution in [2.45, 2.75) is 18.4 Å². The maximum Gasteiger partial charge on any atom is 0.254 e. The molecule has 1 atom stereocenters. The van der Waals surface area contributed by atoms with E-state index in [1.54, 1.807) is 36.4 Å². The molecule has 34 heavy (non-hydrogen) atoms. The van der Waals surface area contributed by atoms with Crippen molar-refractivity contribution in [3.63, 3.8) is 0 Å². The van der Waals surface area contributed by atoms with Gasteiger partial charge in [0.05, 0.1) is 19.8 Å². The first-order valence-corrected chi connectivity index (χ1v) is 12.3. The number of imide groups is 1. The Bertz CT molecular complexity index is 1480. The van der Waals surface area contributed by atoms with Gasteiger partial charge in [0.25, 0.3) is 5.91 Å². The second-order valence-electron chi connectivity index (χ2n) is 8.56. The van der Waals surface area contributed by atoms with Gasteiger partial charge < -0.3 is 14.1 Å². The lowest BCUT2D eigenvalue weighted by Crippen LogP contribution is -2.46. The summed E-state index contributed by atoms with van der Waals surface area (Å²) in [4.78, 5) is 40.0. The number of amides is 3. The normalized spacial score (nSPS) is 20.1. The molecule has 2 aliphatic heterocycles. The van der Waals surface area contributed by atoms with Gasteiger partial charge in [-0.3, -0.25) is 24.4 Å². The molecule has 176 valence electrons. The van der Waals surface area contributed by atoms with Crippen molar-refractivity contribution in [2.75, 3.05) is 24.6 Å². The Labute approximate surface area is 194 Å². The maximum atomic E-state index is 13.1. The lowest BCUT2D eigenvalue weighted by Gasteiger charge is -2.28. The third-order valence-corrected chi connectivity index (χ3v) is 6.70. The molecule has 2 aromatic carbocycles. The molecule has 0 spiro atoms. The van der Waals surface area contributed by atoms with E-state index in [0.717, 1.165) is 11.8 Å². The number of ether oxygens (including phenoxy) is 1. The Morgan fingerprint density at radius 2 is 1.94 bits per heavy atom. The number of hydrogen-bond donors (Lipinski definition) is 2. The summed E-state index contributed by atoms with van der Waals surface area (Å²) in [5, 5.41) is 2.89. The van der Waals surface area contributed by atoms with Gasteiger partial charge in [-0.15, -0.1) is 0 Å². The van der Waals surface area contributed by atoms with Crippen molar-refractivity contribution in [1.29, 1.82) is 0 Å². The van der Waals surface area contributed by atoms with Crippen LogP contribution in [0.1, 0.15) is 28.1 Å². The minimum atomic E-state index is -3.48. The predicted octanol–water partition coefficient (Wildman–Crippen LogP) is 1.75. The molecule has 1 aromatic heterocycles. The fraction of sp³-hybridized carbons (Fsp3) is 0.261. The van der Waals surface area contributed by atoms with Gasteiger partial charge in [0.15, 0.2) is 0 Å². The van der Waals surface area contributed by atoms with Crippen molar-refractivity contribution < 1.29 is 32.0 Å². The van der Waals surface area contributed by atoms with Gasteiger partial charge in [-0.25, -0.2) is 8.42 Å². The number of carbonyl (C=O) groups excluding carboxylic acids is 3. The highest BCUT2D eigenvalue weighted by Crippen LogP contribution is 2.39. The third-order valence-electron chi connectivity index (χ3n) is 6.10. The number of nitrogens with zero attached hydrogens (tertiary/aromatic N) is 1. The molecular weight excluding hydrogens is 462 g/mol. The zero-order valence-corrected chi connectivity index (χ0v) is 19.2. The molecule has 10 nitrogen and oxygen atoms in total. The first kappa shape index (κ1) is 22.0. The summed E-state index contributed by atoms with van der Waals surface area (Å²) in [5.41, 5.74) is 0.624. The summed E-state index contributed by atoms with van der Waals surface area (Å²) in [6.07, 6.45) is 0.867. The molecule has 0 bridgehead atoms. The van der Waals surface area contributed by atoms with Crippen LogP contribution in [0.25, 0.3) is 11.0 Å². The fourth-order valence-corrected chi connectivity index (χ4v) is 5.08. The average Bonchev–Trinajstić information content (AvgIpc) is 3.41. The number of methoxy groups -OCH3 is 1. The van der Waals surface area contributed by atoms with Crippen LogP contribution in [0.4, 0.5) is 5.69 Å². The second-order valence-corrected chi connectivity index (χ2v) is 10.3. The SMILES string of the molecule is COc1ccc2c(c1)C(=O)N(C[C@@]1(c3cc4cc(NS(C)(=O)=O)ccc4o3)CC(=O)NC1=O)C2. The lowest BCUT2D eigenvalue weighted by molar-refractivity contribution is -0.127. The predicted molar refractivity (Wildman–Crippen MR) is 122 cm³/mol. The Hall–Kier alpha value is -3.86. The molecule has 1 fully saturated rings. The first-order valence-electron chi connectivity index (χ1n) is 10.4. The van der Waals surface area contributed by atoms with Gasteiger partial charge in [0, 0.05) is 29.7 Å². The molecule has 2 aliphatic rings. The van der Waals surface area contributed by atoms with Crippen molar-refractivity contribution in [2.24, 2.45) is 0 Å². The van der Waals surface area contributed by atoms with Gasteiger partial charge in [0.1, 0.15) is 22.5 Å². The summed E-state index contributed by atoms with van der Waals surface area (Å²) in [7, 11) is -1.96. The highest BCUT2D eigenvalue weighted by molar-refractivity contribution is 7.92. The van der Waals surface area contributed by atoms with Crippen LogP contribution in [0.2, 0.25) is 0 Å². The molecule has 0 aliphatic carbocycles. The maximum absolute atomic E-state index is 13.1. The van der Waals surface area contributed by atoms with E-state index in [2.05, 4.69) is 10.0 Å². The van der Waals surface area contributed by atoms with E-state index in [9.17, 15) is 22.8 Å². The Morgan fingerprint density at radius 1 is 1.15 bits per heavy atom. The molecule has 3 heterocycles. The van der Waals surface area contributed by atoms with Gasteiger partial charge >= 0.3 is 0 Å². The Kier molecular flexibility index (Phi) is 4.90. The number of carbonyl (C=O) groups is 3. The number of anilines is 1. The minimum Gasteiger partial charge on any atom is -0.497 e. The van der Waals surface area contributed by atoms with Crippen LogP contribution in [0, 0.1) is 0 Å². The molecule has 2 N–H and O–H groups in total. The molecular formula is C23H21N3O7S. The number of fused-ring (bicyclic) bond motifs is 2. The number of sulfonamides is 1. The molecule has 3 aromatic rings. The highest BCUT2D eigenvalue weighted by atomic mass is 32.2. The number of hydrogen-bond acceptors (Lipinski definition) is 7. The van der Waals surface area contributed by atoms with Gasteiger partial charge in [0.2, 0.25) is 21.8 Å². The number of rotatable bonds is 6. The van der Waals surface area contributed by atoms with Crippen LogP contribution in [0.3, 0.4) is 0 Å². The molecule has 3 amide bonds. The standard InChI is InChI=1S/C23H21N3O7S/c1-32-16-5-3-13-11-26(21(28)17(13)9-16)12-23(10-20(27)24-22(23)29)19-8-14-7-15(25-34(2,30)31)4-6-18(14)33-19/h3-9,25H,10-12H2,1-2H3,(H,24,27,29)/t23-/m1/s1. The van der Waals surface area contributed by atoms with Gasteiger partial charge in [-0.1, -0.05) is 6.07 Å². The Balaban J connectivity index is 1.52. The van der Waals surface area contributed by atoms with Gasteiger partial charge in [-0.05, 0) is 42.0 Å². The molecule has 5 rings (SSSR count). The van der Waals surface area contributed by atoms with Crippen LogP contribution in [-0.4, -0.2) is 50.9 Å². The topological polar surface area (TPSA) is 135 Å². The van der Waals surface area contributed by atoms with E-state index in [-0.39, 0.29) is 31.2 Å². The second kappa shape index (κ2) is 7.59. The van der Waals surface area contributed by atoms with Crippen molar-refractivity contribution in [1.82, 2.24) is 10.2 Å². The van der Waals surface area contributed by atoms with E-state index in [1.165, 1.54) is 18.1 Å². The minimum absolute atomic E-state index is 0.0608. The summed E-state index contributed by atoms with van der Waals surface area (Å²) in [6, 6.07) is 11.5. The van der Waals surface area contributed by atoms with E-state index in [0.29, 0.717) is 28.0 Å². The largest absolute Gasteiger partial charge is 0.497 e. The zero-order chi connectivity index (χ0) is 24.3. The van der Waals surface area contributed by atoms with Crippen molar-refractivity contribution >= 4 is 44.4 Å². The molecule has 0 radical (unpaired) electrons. The van der Waals surface area contributed by atoms with Crippen LogP contribution < -0.4 is 14.8 Å². The number of furan rings is 1. The average molecular weight is 484 g/mol. The Morgan fingerprint density at radius 3 is 2.62 bits per heavy atom. The summed E-state index contributed by atoms with van der Waals surface area (Å²) >= 11 is 0. The van der Waals surface area contributed by atoms with Gasteiger partial charge in [-0.2, -0.15) is 0 Å². The summed E-state index contributed by atoms with van der Waals surface area (Å²) in [5.74, 6) is -0.504. The molecule has 1 saturated heterocycles. The monoisotopic (exact) mass is 483 g/mol. The highest BCUT2D eigenvalue weighted by Gasteiger charge is 2.53. The van der Waals surface area contributed by atoms with Crippen molar-refractivity contribution in [3.8, 4) is 5.75 Å². The molecule has 0 unspecified atom stereocenters. The number of benzene rings is 2. The van der Waals surface area contributed by atoms with Crippen LogP contribution in [-0.2, 0) is 31.6 Å². The first-order chi connectivity index (χ1) is 16.1. The third kappa shape index (κ3) is 3.67. The quantitative estimate of drug-likeness (QED) is 0.510. The van der Waals surface area contributed by atoms with E-state index < -0.39 is 27.3 Å². The smallest absolute Gasteiger partial charge is 0.254 e. The number of nitrogens with one attached hydrogen (secondary N) is 2. The van der Waals surface area contributed by atoms with E-state index in [1.807, 2.05) is 0 Å².